The van der Waals surface area contributed by atoms with Gasteiger partial charge in [-0.05, 0) is 27.7 Å². The minimum atomic E-state index is -1.56. The number of nitrogens with zero attached hydrogens (tertiary/aromatic N) is 4. The number of rotatable bonds is 8. The van der Waals surface area contributed by atoms with Crippen LogP contribution in [0.25, 0.3) is 0 Å². The Morgan fingerprint density at radius 3 is 1.07 bits per heavy atom. The summed E-state index contributed by atoms with van der Waals surface area (Å²) in [4.78, 5) is 66.4. The molecule has 0 bridgehead atoms. The van der Waals surface area contributed by atoms with Gasteiger partial charge >= 0.3 is 11.9 Å². The van der Waals surface area contributed by atoms with Crippen LogP contribution < -0.4 is 0 Å². The number of hydrogen-bond acceptors (Lipinski definition) is 14. The average molecular weight is 564 g/mol. The van der Waals surface area contributed by atoms with E-state index in [2.05, 4.69) is 0 Å². The van der Waals surface area contributed by atoms with Crippen LogP contribution in [0.1, 0.15) is 48.4 Å². The van der Waals surface area contributed by atoms with Gasteiger partial charge in [0.05, 0.1) is 43.0 Å². The van der Waals surface area contributed by atoms with Crippen molar-refractivity contribution in [3.63, 3.8) is 0 Å². The highest BCUT2D eigenvalue weighted by molar-refractivity contribution is 5.92. The van der Waals surface area contributed by atoms with Gasteiger partial charge in [-0.15, -0.1) is 0 Å². The lowest BCUT2D eigenvalue weighted by Crippen LogP contribution is -2.61. The Labute approximate surface area is 223 Å². The fourth-order valence-corrected chi connectivity index (χ4v) is 3.46. The quantitative estimate of drug-likeness (QED) is 0.253. The van der Waals surface area contributed by atoms with Gasteiger partial charge in [0, 0.05) is 24.3 Å². The maximum Gasteiger partial charge on any atom is 0.341 e. The molecule has 0 amide bonds. The molecule has 0 aliphatic carbocycles. The summed E-state index contributed by atoms with van der Waals surface area (Å²) in [6.45, 7) is 5.48. The molecule has 1 saturated heterocycles. The smallest absolute Gasteiger partial charge is 0.341 e. The third-order valence-electron chi connectivity index (χ3n) is 5.50. The van der Waals surface area contributed by atoms with Crippen molar-refractivity contribution in [1.29, 1.82) is 0 Å². The van der Waals surface area contributed by atoms with E-state index in [9.17, 15) is 50.0 Å². The largest absolute Gasteiger partial charge is 0.429 e. The second kappa shape index (κ2) is 10.6. The summed E-state index contributed by atoms with van der Waals surface area (Å²) in [5.74, 6) is -2.44. The number of carbonyl (C=O) groups excluding carboxylic acids is 2. The van der Waals surface area contributed by atoms with Crippen molar-refractivity contribution in [2.24, 2.45) is 0 Å². The third-order valence-corrected chi connectivity index (χ3v) is 5.50. The molecule has 212 valence electrons. The molecule has 0 N–H and O–H groups in total. The van der Waals surface area contributed by atoms with Gasteiger partial charge in [0.2, 0.25) is 12.6 Å². The number of carbonyl (C=O) groups is 2. The monoisotopic (exact) mass is 564 g/mol. The molecule has 0 radical (unpaired) electrons. The summed E-state index contributed by atoms with van der Waals surface area (Å²) in [7, 11) is 0. The molecule has 1 fully saturated rings. The lowest BCUT2D eigenvalue weighted by molar-refractivity contribution is -0.394. The molecule has 2 atom stereocenters. The van der Waals surface area contributed by atoms with Crippen molar-refractivity contribution in [3.8, 4) is 0 Å². The molecule has 0 aromatic heterocycles. The molecule has 2 aromatic rings. The fraction of sp³-hybridized carbons (Fsp3) is 0.364. The molecule has 1 heterocycles. The van der Waals surface area contributed by atoms with Crippen LogP contribution in [0.2, 0.25) is 0 Å². The highest BCUT2D eigenvalue weighted by atomic mass is 16.8. The zero-order valence-corrected chi connectivity index (χ0v) is 21.1. The molecule has 40 heavy (non-hydrogen) atoms. The summed E-state index contributed by atoms with van der Waals surface area (Å²) in [5.41, 5.74) is -7.05. The molecule has 2 unspecified atom stereocenters. The predicted molar refractivity (Wildman–Crippen MR) is 128 cm³/mol. The van der Waals surface area contributed by atoms with Crippen LogP contribution in [-0.2, 0) is 18.9 Å². The van der Waals surface area contributed by atoms with Crippen LogP contribution >= 0.6 is 0 Å². The highest BCUT2D eigenvalue weighted by Gasteiger charge is 2.52. The number of nitro benzene ring substituents is 4. The van der Waals surface area contributed by atoms with Gasteiger partial charge in [0.25, 0.3) is 22.7 Å². The second-order valence-corrected chi connectivity index (χ2v) is 9.42. The maximum absolute atomic E-state index is 12.8. The Morgan fingerprint density at radius 2 is 0.850 bits per heavy atom. The van der Waals surface area contributed by atoms with Crippen LogP contribution in [0.5, 0.6) is 0 Å². The van der Waals surface area contributed by atoms with Gasteiger partial charge in [-0.25, -0.2) is 9.59 Å². The SMILES string of the molecule is CC1(C)OC(OC(=O)c2cc([N+](=O)[O-])cc([N+](=O)[O-])c2)C(C)(C)OC1OC(=O)c1cc([N+](=O)[O-])cc([N+](=O)[O-])c1. The van der Waals surface area contributed by atoms with Gasteiger partial charge in [0.15, 0.2) is 0 Å². The highest BCUT2D eigenvalue weighted by Crippen LogP contribution is 2.38. The first-order chi connectivity index (χ1) is 18.4. The minimum Gasteiger partial charge on any atom is -0.429 e. The zero-order chi connectivity index (χ0) is 30.2. The number of esters is 2. The third kappa shape index (κ3) is 6.30. The first-order valence-electron chi connectivity index (χ1n) is 11.1. The lowest BCUT2D eigenvalue weighted by Gasteiger charge is -2.48. The van der Waals surface area contributed by atoms with Crippen molar-refractivity contribution >= 4 is 34.7 Å². The summed E-state index contributed by atoms with van der Waals surface area (Å²) in [6.07, 6.45) is -3.05. The normalized spacial score (nSPS) is 19.2. The maximum atomic E-state index is 12.8. The van der Waals surface area contributed by atoms with Crippen molar-refractivity contribution in [1.82, 2.24) is 0 Å². The van der Waals surface area contributed by atoms with E-state index >= 15 is 0 Å². The van der Waals surface area contributed by atoms with E-state index in [0.717, 1.165) is 24.3 Å². The van der Waals surface area contributed by atoms with E-state index in [1.807, 2.05) is 0 Å². The van der Waals surface area contributed by atoms with E-state index in [-0.39, 0.29) is 0 Å². The Morgan fingerprint density at radius 1 is 0.600 bits per heavy atom. The van der Waals surface area contributed by atoms with E-state index in [1.165, 1.54) is 27.7 Å². The van der Waals surface area contributed by atoms with Crippen molar-refractivity contribution < 1.29 is 48.2 Å². The fourth-order valence-electron chi connectivity index (χ4n) is 3.46. The summed E-state index contributed by atoms with van der Waals surface area (Å²) in [5, 5.41) is 44.5. The molecule has 1 aliphatic rings. The average Bonchev–Trinajstić information content (AvgIpc) is 2.86. The van der Waals surface area contributed by atoms with Crippen LogP contribution in [0.3, 0.4) is 0 Å². The Kier molecular flexibility index (Phi) is 7.79. The number of benzene rings is 2. The second-order valence-electron chi connectivity index (χ2n) is 9.42. The first-order valence-corrected chi connectivity index (χ1v) is 11.1. The first kappa shape index (κ1) is 29.5. The Bertz CT molecular complexity index is 1260. The Balaban J connectivity index is 1.83. The number of hydrogen-bond donors (Lipinski definition) is 0. The molecule has 18 nitrogen and oxygen atoms in total. The van der Waals surface area contributed by atoms with E-state index in [0.29, 0.717) is 12.1 Å². The van der Waals surface area contributed by atoms with Gasteiger partial charge in [-0.3, -0.25) is 40.5 Å². The number of ether oxygens (including phenoxy) is 4. The van der Waals surface area contributed by atoms with Crippen LogP contribution in [-0.4, -0.2) is 55.4 Å². The summed E-state index contributed by atoms with van der Waals surface area (Å²) < 4.78 is 22.2. The van der Waals surface area contributed by atoms with Crippen molar-refractivity contribution in [2.45, 2.75) is 51.5 Å². The Hall–Kier alpha value is -5.10. The topological polar surface area (TPSA) is 244 Å². The molecule has 0 spiro atoms. The summed E-state index contributed by atoms with van der Waals surface area (Å²) >= 11 is 0. The minimum absolute atomic E-state index is 0.515. The molecular formula is C22H20N4O14. The van der Waals surface area contributed by atoms with Gasteiger partial charge in [-0.1, -0.05) is 0 Å². The summed E-state index contributed by atoms with van der Waals surface area (Å²) in [6, 6.07) is 4.44. The van der Waals surface area contributed by atoms with E-state index in [1.54, 1.807) is 0 Å². The predicted octanol–water partition coefficient (Wildman–Crippen LogP) is 3.59. The zero-order valence-electron chi connectivity index (χ0n) is 21.1. The van der Waals surface area contributed by atoms with Crippen LogP contribution in [0.15, 0.2) is 36.4 Å². The molecule has 3 rings (SSSR count). The van der Waals surface area contributed by atoms with Gasteiger partial charge in [0.1, 0.15) is 11.2 Å². The number of nitro groups is 4. The van der Waals surface area contributed by atoms with Crippen LogP contribution in [0.4, 0.5) is 22.7 Å². The number of non-ortho nitro benzene ring substituents is 4. The molecule has 0 saturated carbocycles. The van der Waals surface area contributed by atoms with Gasteiger partial charge < -0.3 is 18.9 Å². The van der Waals surface area contributed by atoms with E-state index < -0.39 is 89.3 Å². The molecular weight excluding hydrogens is 544 g/mol. The standard InChI is InChI=1S/C22H20N4O14/c1-21(2)19(37-17(27)11-5-13(23(29)30)9-14(6-11)24(31)32)40-22(3,4)20(39-21)38-18(28)12-7-15(25(33)34)10-16(8-12)26(35)36/h5-10,19-20H,1-4H3. The van der Waals surface area contributed by atoms with Crippen molar-refractivity contribution in [2.75, 3.05) is 0 Å². The molecule has 18 heteroatoms. The van der Waals surface area contributed by atoms with Gasteiger partial charge in [-0.2, -0.15) is 0 Å². The van der Waals surface area contributed by atoms with Crippen molar-refractivity contribution in [3.05, 3.63) is 88.0 Å². The molecule has 2 aromatic carbocycles. The molecule has 1 aliphatic heterocycles. The van der Waals surface area contributed by atoms with E-state index in [4.69, 9.17) is 18.9 Å². The lowest BCUT2D eigenvalue weighted by atomic mass is 10.0. The van der Waals surface area contributed by atoms with Crippen LogP contribution in [0, 0.1) is 40.5 Å².